The second kappa shape index (κ2) is 21.9. The number of rotatable bonds is 12. The minimum atomic E-state index is -2.08. The first-order valence-corrected chi connectivity index (χ1v) is 39.0. The highest BCUT2D eigenvalue weighted by atomic mass is 28.3. The average molecular weight is 1250 g/mol. The summed E-state index contributed by atoms with van der Waals surface area (Å²) in [5.74, 6) is 0. The smallest absolute Gasteiger partial charge is 0.159 e. The number of nitrogens with zero attached hydrogens (tertiary/aromatic N) is 2. The summed E-state index contributed by atoms with van der Waals surface area (Å²) in [6.45, 7) is 9.81. The Morgan fingerprint density at radius 1 is 0.274 bits per heavy atom. The Balaban J connectivity index is 0.892. The van der Waals surface area contributed by atoms with Crippen molar-refractivity contribution >= 4 is 147 Å². The Hall–Kier alpha value is -11.3. The Kier molecular flexibility index (Phi) is 13.0. The standard InChI is InChI=1S/C89H66N2O2Si2/c1-94(2,68-33-13-7-14-34-68)70-48-51-84-77(56-70)74-39-23-41-81(87(74)92-84)90(65-45-43-59-25-17-19-27-61(59)53-65)67-47-50-76-79(55-67)89(63-29-9-5-10-30-63,64-31-11-6-12-32-64)80-58-83(72-37-21-22-38-73(72)86(76)80)91(66-46-44-60-26-18-20-28-62(60)54-66)82-42-24-40-75-78-57-71(49-52-85(78)93-88(75)82)95(3,4)69-35-15-8-16-36-69/h5-58H,1-4H3. The van der Waals surface area contributed by atoms with Gasteiger partial charge in [0.2, 0.25) is 0 Å². The Labute approximate surface area is 554 Å². The predicted octanol–water partition coefficient (Wildman–Crippen LogP) is 21.9. The summed E-state index contributed by atoms with van der Waals surface area (Å²) in [7, 11) is -4.16. The molecule has 0 amide bonds. The first-order chi connectivity index (χ1) is 46.6. The van der Waals surface area contributed by atoms with E-state index in [0.717, 1.165) is 94.2 Å². The molecule has 0 atom stereocenters. The topological polar surface area (TPSA) is 32.8 Å². The normalized spacial score (nSPS) is 12.9. The van der Waals surface area contributed by atoms with E-state index < -0.39 is 21.6 Å². The van der Waals surface area contributed by atoms with Crippen LogP contribution in [0.1, 0.15) is 22.3 Å². The zero-order valence-corrected chi connectivity index (χ0v) is 55.4. The molecule has 0 aliphatic heterocycles. The molecule has 15 aromatic carbocycles. The Morgan fingerprint density at radius 3 is 1.22 bits per heavy atom. The molecule has 4 nitrogen and oxygen atoms in total. The summed E-state index contributed by atoms with van der Waals surface area (Å²) < 4.78 is 14.5. The molecule has 18 rings (SSSR count). The minimum Gasteiger partial charge on any atom is -0.454 e. The van der Waals surface area contributed by atoms with E-state index in [1.165, 1.54) is 70.3 Å². The molecule has 6 heteroatoms. The van der Waals surface area contributed by atoms with Gasteiger partial charge in [-0.2, -0.15) is 0 Å². The lowest BCUT2D eigenvalue weighted by Crippen LogP contribution is -2.52. The molecule has 2 heterocycles. The van der Waals surface area contributed by atoms with Crippen LogP contribution in [0.5, 0.6) is 0 Å². The highest BCUT2D eigenvalue weighted by molar-refractivity contribution is 7.01. The molecule has 0 N–H and O–H groups in total. The Bertz CT molecular complexity index is 5840. The molecule has 0 spiro atoms. The number of anilines is 6. The summed E-state index contributed by atoms with van der Waals surface area (Å²) in [6, 6.07) is 122. The number of fused-ring (bicyclic) bond motifs is 13. The zero-order chi connectivity index (χ0) is 63.6. The molecule has 2 aromatic heterocycles. The van der Waals surface area contributed by atoms with E-state index in [2.05, 4.69) is 364 Å². The lowest BCUT2D eigenvalue weighted by molar-refractivity contribution is 0.669. The van der Waals surface area contributed by atoms with E-state index >= 15 is 0 Å². The van der Waals surface area contributed by atoms with E-state index in [4.69, 9.17) is 8.83 Å². The second-order valence-corrected chi connectivity index (χ2v) is 35.5. The molecule has 95 heavy (non-hydrogen) atoms. The van der Waals surface area contributed by atoms with Gasteiger partial charge in [0, 0.05) is 44.0 Å². The molecule has 17 aromatic rings. The quantitative estimate of drug-likeness (QED) is 0.114. The summed E-state index contributed by atoms with van der Waals surface area (Å²) >= 11 is 0. The maximum Gasteiger partial charge on any atom is 0.159 e. The first kappa shape index (κ1) is 56.5. The lowest BCUT2D eigenvalue weighted by Gasteiger charge is -2.36. The molecule has 0 fully saturated rings. The monoisotopic (exact) mass is 1250 g/mol. The maximum absolute atomic E-state index is 7.28. The summed E-state index contributed by atoms with van der Waals surface area (Å²) in [6.07, 6.45) is 0. The van der Waals surface area contributed by atoms with Crippen molar-refractivity contribution in [3.63, 3.8) is 0 Å². The van der Waals surface area contributed by atoms with Gasteiger partial charge < -0.3 is 18.6 Å². The molecule has 0 unspecified atom stereocenters. The molecular formula is C89H66N2O2Si2. The van der Waals surface area contributed by atoms with E-state index in [-0.39, 0.29) is 0 Å². The van der Waals surface area contributed by atoms with Crippen molar-refractivity contribution in [1.82, 2.24) is 0 Å². The van der Waals surface area contributed by atoms with Gasteiger partial charge in [0.1, 0.15) is 27.3 Å². The van der Waals surface area contributed by atoms with Gasteiger partial charge in [0.25, 0.3) is 0 Å². The van der Waals surface area contributed by atoms with Crippen molar-refractivity contribution in [2.45, 2.75) is 31.6 Å². The zero-order valence-electron chi connectivity index (χ0n) is 53.4. The molecular weight excluding hydrogens is 1190 g/mol. The van der Waals surface area contributed by atoms with Crippen LogP contribution >= 0.6 is 0 Å². The van der Waals surface area contributed by atoms with Crippen LogP contribution < -0.4 is 30.5 Å². The highest BCUT2D eigenvalue weighted by Gasteiger charge is 2.48. The number of benzene rings is 15. The fraction of sp³-hybridized carbons (Fsp3) is 0.0562. The van der Waals surface area contributed by atoms with Crippen molar-refractivity contribution in [2.24, 2.45) is 0 Å². The van der Waals surface area contributed by atoms with Crippen LogP contribution in [0.4, 0.5) is 34.1 Å². The van der Waals surface area contributed by atoms with Crippen LogP contribution in [-0.4, -0.2) is 16.1 Å². The fourth-order valence-electron chi connectivity index (χ4n) is 15.8. The van der Waals surface area contributed by atoms with E-state index in [1.807, 2.05) is 0 Å². The van der Waals surface area contributed by atoms with Gasteiger partial charge in [-0.3, -0.25) is 0 Å². The highest BCUT2D eigenvalue weighted by Crippen LogP contribution is 2.61. The van der Waals surface area contributed by atoms with E-state index in [1.54, 1.807) is 0 Å². The van der Waals surface area contributed by atoms with Gasteiger partial charge in [-0.05, 0) is 127 Å². The Morgan fingerprint density at radius 2 is 0.695 bits per heavy atom. The molecule has 1 aliphatic carbocycles. The van der Waals surface area contributed by atoms with Crippen LogP contribution in [0.15, 0.2) is 336 Å². The molecule has 452 valence electrons. The second-order valence-electron chi connectivity index (χ2n) is 26.7. The number of hydrogen-bond acceptors (Lipinski definition) is 4. The summed E-state index contributed by atoms with van der Waals surface area (Å²) in [4.78, 5) is 4.93. The minimum absolute atomic E-state index is 0.833. The average Bonchev–Trinajstić information content (AvgIpc) is 1.53. The van der Waals surface area contributed by atoms with Crippen LogP contribution in [0.25, 0.3) is 87.3 Å². The molecule has 0 saturated heterocycles. The first-order valence-electron chi connectivity index (χ1n) is 33.0. The third-order valence-corrected chi connectivity index (χ3v) is 27.9. The van der Waals surface area contributed by atoms with Crippen molar-refractivity contribution in [3.8, 4) is 11.1 Å². The van der Waals surface area contributed by atoms with Gasteiger partial charge in [-0.15, -0.1) is 0 Å². The van der Waals surface area contributed by atoms with Crippen LogP contribution in [0.3, 0.4) is 0 Å². The maximum atomic E-state index is 7.28. The van der Waals surface area contributed by atoms with Crippen LogP contribution in [0.2, 0.25) is 26.2 Å². The van der Waals surface area contributed by atoms with Crippen LogP contribution in [-0.2, 0) is 5.41 Å². The molecule has 0 bridgehead atoms. The van der Waals surface area contributed by atoms with E-state index in [9.17, 15) is 0 Å². The van der Waals surface area contributed by atoms with Crippen molar-refractivity contribution in [2.75, 3.05) is 9.80 Å². The number of furan rings is 2. The SMILES string of the molecule is C[Si](C)(c1ccccc1)c1ccc2oc3c(N(c4ccc5c(c4)C(c4ccccc4)(c4ccccc4)c4cc(N(c6ccc7ccccc7c6)c6cccc7c6oc6ccc([Si](C)(C)c8ccccc8)cc67)c6ccccc6c4-5)c4ccc5ccccc5c4)cccc3c2c1. The number of hydrogen-bond donors (Lipinski definition) is 0. The molecule has 1 aliphatic rings. The largest absolute Gasteiger partial charge is 0.454 e. The molecule has 0 saturated carbocycles. The third-order valence-electron chi connectivity index (χ3n) is 20.9. The van der Waals surface area contributed by atoms with Crippen molar-refractivity contribution in [1.29, 1.82) is 0 Å². The van der Waals surface area contributed by atoms with Gasteiger partial charge in [-0.1, -0.05) is 308 Å². The fourth-order valence-corrected chi connectivity index (χ4v) is 20.6. The van der Waals surface area contributed by atoms with Gasteiger partial charge in [-0.25, -0.2) is 0 Å². The predicted molar refractivity (Wildman–Crippen MR) is 407 cm³/mol. The van der Waals surface area contributed by atoms with Gasteiger partial charge in [0.05, 0.1) is 22.5 Å². The van der Waals surface area contributed by atoms with Crippen LogP contribution in [0, 0.1) is 0 Å². The van der Waals surface area contributed by atoms with Crippen molar-refractivity contribution < 1.29 is 8.83 Å². The number of para-hydroxylation sites is 2. The van der Waals surface area contributed by atoms with Gasteiger partial charge >= 0.3 is 0 Å². The van der Waals surface area contributed by atoms with Crippen molar-refractivity contribution in [3.05, 3.63) is 350 Å². The third kappa shape index (κ3) is 8.85. The summed E-state index contributed by atoms with van der Waals surface area (Å²) in [5.41, 5.74) is 15.8. The lowest BCUT2D eigenvalue weighted by atomic mass is 9.67. The summed E-state index contributed by atoms with van der Waals surface area (Å²) in [5, 5.41) is 16.9. The van der Waals surface area contributed by atoms with E-state index in [0.29, 0.717) is 0 Å². The van der Waals surface area contributed by atoms with Gasteiger partial charge in [0.15, 0.2) is 11.2 Å². The molecule has 0 radical (unpaired) electrons.